The van der Waals surface area contributed by atoms with Crippen LogP contribution in [0.15, 0.2) is 24.3 Å². The van der Waals surface area contributed by atoms with E-state index in [1.807, 2.05) is 0 Å². The molecule has 1 amide bonds. The smallest absolute Gasteiger partial charge is 0.383 e. The minimum atomic E-state index is -4.47. The number of primary amides is 1. The van der Waals surface area contributed by atoms with E-state index in [-0.39, 0.29) is 29.2 Å². The summed E-state index contributed by atoms with van der Waals surface area (Å²) in [6, 6.07) is 5.12. The van der Waals surface area contributed by atoms with Crippen molar-refractivity contribution < 1.29 is 18.0 Å². The fraction of sp³-hybridized carbons (Fsp3) is 0.231. The van der Waals surface area contributed by atoms with Crippen molar-refractivity contribution in [2.45, 2.75) is 19.6 Å². The number of nitrogens with two attached hydrogens (primary N) is 2. The summed E-state index contributed by atoms with van der Waals surface area (Å²) in [5.41, 5.74) is 10.5. The molecule has 21 heavy (non-hydrogen) atoms. The van der Waals surface area contributed by atoms with Crippen LogP contribution in [0.2, 0.25) is 0 Å². The first-order valence-corrected chi connectivity index (χ1v) is 5.99. The number of alkyl halides is 3. The molecule has 8 heteroatoms. The van der Waals surface area contributed by atoms with Gasteiger partial charge in [0.05, 0.1) is 17.8 Å². The van der Waals surface area contributed by atoms with Crippen LogP contribution in [0.4, 0.5) is 19.0 Å². The summed E-state index contributed by atoms with van der Waals surface area (Å²) in [4.78, 5) is 11.2. The second-order valence-electron chi connectivity index (χ2n) is 4.52. The Morgan fingerprint density at radius 2 is 1.95 bits per heavy atom. The highest BCUT2D eigenvalue weighted by atomic mass is 19.4. The average molecular weight is 298 g/mol. The Balaban J connectivity index is 2.45. The Kier molecular flexibility index (Phi) is 3.63. The molecule has 5 nitrogen and oxygen atoms in total. The van der Waals surface area contributed by atoms with Gasteiger partial charge in [0.25, 0.3) is 5.91 Å². The lowest BCUT2D eigenvalue weighted by Gasteiger charge is -2.13. The molecule has 1 aromatic carbocycles. The number of aryl methyl sites for hydroxylation is 1. The van der Waals surface area contributed by atoms with Crippen LogP contribution >= 0.6 is 0 Å². The molecule has 0 aliphatic carbocycles. The lowest BCUT2D eigenvalue weighted by Crippen LogP contribution is -2.16. The monoisotopic (exact) mass is 298 g/mol. The second-order valence-corrected chi connectivity index (χ2v) is 4.52. The third-order valence-electron chi connectivity index (χ3n) is 3.06. The Hall–Kier alpha value is -2.51. The summed E-state index contributed by atoms with van der Waals surface area (Å²) in [6.45, 7) is 1.32. The Bertz CT molecular complexity index is 691. The van der Waals surface area contributed by atoms with Gasteiger partial charge in [-0.05, 0) is 18.6 Å². The van der Waals surface area contributed by atoms with Crippen LogP contribution in [-0.4, -0.2) is 15.7 Å². The van der Waals surface area contributed by atoms with E-state index in [0.717, 1.165) is 10.7 Å². The van der Waals surface area contributed by atoms with Gasteiger partial charge in [0.1, 0.15) is 11.4 Å². The maximum atomic E-state index is 12.9. The highest BCUT2D eigenvalue weighted by Gasteiger charge is 2.33. The number of anilines is 1. The maximum Gasteiger partial charge on any atom is 0.416 e. The summed E-state index contributed by atoms with van der Waals surface area (Å²) in [5, 5.41) is 3.97. The van der Waals surface area contributed by atoms with Gasteiger partial charge >= 0.3 is 6.18 Å². The first kappa shape index (κ1) is 14.9. The molecule has 0 aliphatic heterocycles. The van der Waals surface area contributed by atoms with Crippen molar-refractivity contribution in [1.82, 2.24) is 9.78 Å². The molecule has 0 fully saturated rings. The first-order valence-electron chi connectivity index (χ1n) is 5.99. The van der Waals surface area contributed by atoms with E-state index in [1.165, 1.54) is 25.1 Å². The van der Waals surface area contributed by atoms with Gasteiger partial charge in [-0.25, -0.2) is 4.68 Å². The van der Waals surface area contributed by atoms with Crippen LogP contribution in [0.5, 0.6) is 0 Å². The van der Waals surface area contributed by atoms with Crippen LogP contribution in [0, 0.1) is 6.92 Å². The van der Waals surface area contributed by atoms with Gasteiger partial charge in [0, 0.05) is 0 Å². The first-order chi connectivity index (χ1) is 9.71. The van der Waals surface area contributed by atoms with Crippen molar-refractivity contribution in [3.8, 4) is 0 Å². The quantitative estimate of drug-likeness (QED) is 0.907. The van der Waals surface area contributed by atoms with E-state index < -0.39 is 17.6 Å². The largest absolute Gasteiger partial charge is 0.416 e. The third kappa shape index (κ3) is 2.83. The number of aromatic nitrogens is 2. The third-order valence-corrected chi connectivity index (χ3v) is 3.06. The molecule has 0 unspecified atom stereocenters. The van der Waals surface area contributed by atoms with Crippen LogP contribution < -0.4 is 11.5 Å². The summed E-state index contributed by atoms with van der Waals surface area (Å²) in [6.07, 6.45) is -4.47. The number of halogens is 3. The average Bonchev–Trinajstić information content (AvgIpc) is 2.63. The molecular formula is C13H13F3N4O. The fourth-order valence-corrected chi connectivity index (χ4v) is 2.12. The molecule has 0 atom stereocenters. The van der Waals surface area contributed by atoms with Gasteiger partial charge in [0.2, 0.25) is 0 Å². The minimum absolute atomic E-state index is 0.00946. The van der Waals surface area contributed by atoms with E-state index in [4.69, 9.17) is 11.5 Å². The molecule has 0 aliphatic rings. The summed E-state index contributed by atoms with van der Waals surface area (Å²) in [7, 11) is 0. The van der Waals surface area contributed by atoms with Crippen molar-refractivity contribution in [2.75, 3.05) is 5.73 Å². The van der Waals surface area contributed by atoms with Gasteiger partial charge in [-0.3, -0.25) is 4.79 Å². The minimum Gasteiger partial charge on any atom is -0.383 e. The van der Waals surface area contributed by atoms with Crippen LogP contribution in [0.1, 0.15) is 27.2 Å². The lowest BCUT2D eigenvalue weighted by molar-refractivity contribution is -0.138. The van der Waals surface area contributed by atoms with Crippen LogP contribution in [0.25, 0.3) is 0 Å². The van der Waals surface area contributed by atoms with Gasteiger partial charge < -0.3 is 11.5 Å². The summed E-state index contributed by atoms with van der Waals surface area (Å²) >= 11 is 0. The van der Waals surface area contributed by atoms with E-state index in [9.17, 15) is 18.0 Å². The molecular weight excluding hydrogens is 285 g/mol. The summed E-state index contributed by atoms with van der Waals surface area (Å²) < 4.78 is 39.9. The highest BCUT2D eigenvalue weighted by Crippen LogP contribution is 2.32. The van der Waals surface area contributed by atoms with E-state index in [0.29, 0.717) is 0 Å². The normalized spacial score (nSPS) is 11.6. The predicted molar refractivity (Wildman–Crippen MR) is 70.4 cm³/mol. The number of hydrogen-bond donors (Lipinski definition) is 2. The summed E-state index contributed by atoms with van der Waals surface area (Å²) in [5.74, 6) is -0.808. The number of amides is 1. The highest BCUT2D eigenvalue weighted by molar-refractivity contribution is 5.98. The number of carbonyl (C=O) groups is 1. The molecule has 0 saturated heterocycles. The van der Waals surface area contributed by atoms with Crippen molar-refractivity contribution in [1.29, 1.82) is 0 Å². The number of nitrogen functional groups attached to an aromatic ring is 1. The number of benzene rings is 1. The van der Waals surface area contributed by atoms with Crippen LogP contribution in [0.3, 0.4) is 0 Å². The zero-order valence-electron chi connectivity index (χ0n) is 11.1. The lowest BCUT2D eigenvalue weighted by atomic mass is 10.1. The number of carbonyl (C=O) groups excluding carboxylic acids is 1. The van der Waals surface area contributed by atoms with E-state index in [2.05, 4.69) is 5.10 Å². The second kappa shape index (κ2) is 5.12. The molecule has 2 rings (SSSR count). The number of rotatable bonds is 3. The Labute approximate surface area is 118 Å². The SMILES string of the molecule is Cc1nn(Cc2ccccc2C(F)(F)F)c(N)c1C(N)=O. The van der Waals surface area contributed by atoms with Crippen molar-refractivity contribution in [3.05, 3.63) is 46.6 Å². The molecule has 0 bridgehead atoms. The molecule has 0 radical (unpaired) electrons. The van der Waals surface area contributed by atoms with Gasteiger partial charge in [-0.2, -0.15) is 18.3 Å². The molecule has 0 saturated carbocycles. The van der Waals surface area contributed by atoms with Crippen LogP contribution in [-0.2, 0) is 12.7 Å². The topological polar surface area (TPSA) is 86.9 Å². The standard InChI is InChI=1S/C13H13F3N4O/c1-7-10(12(18)21)11(17)20(19-7)6-8-4-2-3-5-9(8)13(14,15)16/h2-5H,6,17H2,1H3,(H2,18,21). The maximum absolute atomic E-state index is 12.9. The van der Waals surface area contributed by atoms with Crippen molar-refractivity contribution in [3.63, 3.8) is 0 Å². The zero-order valence-corrected chi connectivity index (χ0v) is 11.1. The molecule has 1 heterocycles. The van der Waals surface area contributed by atoms with Gasteiger partial charge in [-0.15, -0.1) is 0 Å². The van der Waals surface area contributed by atoms with E-state index >= 15 is 0 Å². The van der Waals surface area contributed by atoms with Gasteiger partial charge in [0.15, 0.2) is 0 Å². The van der Waals surface area contributed by atoms with Crippen molar-refractivity contribution in [2.24, 2.45) is 5.73 Å². The predicted octanol–water partition coefficient (Wildman–Crippen LogP) is 1.94. The van der Waals surface area contributed by atoms with Gasteiger partial charge in [-0.1, -0.05) is 18.2 Å². The molecule has 112 valence electrons. The molecule has 2 aromatic rings. The molecule has 1 aromatic heterocycles. The molecule has 0 spiro atoms. The fourth-order valence-electron chi connectivity index (χ4n) is 2.12. The Morgan fingerprint density at radius 1 is 1.33 bits per heavy atom. The van der Waals surface area contributed by atoms with Crippen molar-refractivity contribution >= 4 is 11.7 Å². The number of hydrogen-bond acceptors (Lipinski definition) is 3. The zero-order chi connectivity index (χ0) is 15.8. The Morgan fingerprint density at radius 3 is 2.48 bits per heavy atom. The number of nitrogens with zero attached hydrogens (tertiary/aromatic N) is 2. The molecule has 4 N–H and O–H groups in total. The van der Waals surface area contributed by atoms with E-state index in [1.54, 1.807) is 0 Å².